The second kappa shape index (κ2) is 8.92. The highest BCUT2D eigenvalue weighted by Crippen LogP contribution is 2.46. The van der Waals surface area contributed by atoms with Crippen molar-refractivity contribution < 1.29 is 5.11 Å². The minimum absolute atomic E-state index is 0.156. The molecule has 2 rings (SSSR count). The summed E-state index contributed by atoms with van der Waals surface area (Å²) in [5.41, 5.74) is 2.22. The van der Waals surface area contributed by atoms with E-state index < -0.39 is 0 Å². The predicted octanol–water partition coefficient (Wildman–Crippen LogP) is 6.69. The zero-order valence-electron chi connectivity index (χ0n) is 15.5. The molecule has 0 aliphatic carbocycles. The smallest absolute Gasteiger partial charge is 0.119 e. The summed E-state index contributed by atoms with van der Waals surface area (Å²) in [4.78, 5) is 0. The first-order valence-corrected chi connectivity index (χ1v) is 9.48. The minimum Gasteiger partial charge on any atom is -0.508 e. The zero-order valence-corrected chi connectivity index (χ0v) is 15.5. The van der Waals surface area contributed by atoms with Gasteiger partial charge >= 0.3 is 0 Å². The fourth-order valence-corrected chi connectivity index (χ4v) is 3.93. The Morgan fingerprint density at radius 3 is 1.92 bits per heavy atom. The van der Waals surface area contributed by atoms with Crippen molar-refractivity contribution in [3.05, 3.63) is 65.7 Å². The lowest BCUT2D eigenvalue weighted by Crippen LogP contribution is -2.34. The number of phenolic OH excluding ortho intramolecular Hbond substituents is 1. The molecule has 0 aliphatic heterocycles. The van der Waals surface area contributed by atoms with Crippen molar-refractivity contribution in [1.82, 2.24) is 0 Å². The van der Waals surface area contributed by atoms with E-state index in [0.29, 0.717) is 11.7 Å². The van der Waals surface area contributed by atoms with Crippen LogP contribution >= 0.6 is 0 Å². The normalized spacial score (nSPS) is 13.8. The highest BCUT2D eigenvalue weighted by Gasteiger charge is 2.38. The Kier molecular flexibility index (Phi) is 6.90. The molecular weight excluding hydrogens is 292 g/mol. The third-order valence-corrected chi connectivity index (χ3v) is 5.47. The highest BCUT2D eigenvalue weighted by molar-refractivity contribution is 5.46. The third kappa shape index (κ3) is 4.01. The first-order chi connectivity index (χ1) is 11.6. The van der Waals surface area contributed by atoms with Crippen molar-refractivity contribution in [1.29, 1.82) is 0 Å². The van der Waals surface area contributed by atoms with E-state index >= 15 is 0 Å². The Labute approximate surface area is 147 Å². The number of benzene rings is 2. The van der Waals surface area contributed by atoms with Crippen molar-refractivity contribution in [3.63, 3.8) is 0 Å². The highest BCUT2D eigenvalue weighted by atomic mass is 16.3. The second-order valence-electron chi connectivity index (χ2n) is 7.07. The number of hydrogen-bond acceptors (Lipinski definition) is 1. The van der Waals surface area contributed by atoms with Crippen molar-refractivity contribution in [2.45, 2.75) is 64.7 Å². The molecule has 1 N–H and O–H groups in total. The van der Waals surface area contributed by atoms with Crippen LogP contribution in [0, 0.1) is 5.92 Å². The lowest BCUT2D eigenvalue weighted by atomic mass is 9.64. The van der Waals surface area contributed by atoms with Crippen LogP contribution < -0.4 is 0 Å². The van der Waals surface area contributed by atoms with E-state index in [0.717, 1.165) is 5.56 Å². The van der Waals surface area contributed by atoms with Gasteiger partial charge in [-0.15, -0.1) is 0 Å². The maximum atomic E-state index is 10.6. The van der Waals surface area contributed by atoms with Crippen molar-refractivity contribution >= 4 is 0 Å². The molecule has 0 heterocycles. The lowest BCUT2D eigenvalue weighted by Gasteiger charge is -2.40. The molecule has 2 aromatic carbocycles. The van der Waals surface area contributed by atoms with Gasteiger partial charge in [0.2, 0.25) is 0 Å². The largest absolute Gasteiger partial charge is 0.508 e. The lowest BCUT2D eigenvalue weighted by molar-refractivity contribution is 0.282. The average molecular weight is 325 g/mol. The summed E-state index contributed by atoms with van der Waals surface area (Å²) in [5.74, 6) is 0.954. The van der Waals surface area contributed by atoms with Gasteiger partial charge in [0, 0.05) is 11.0 Å². The molecule has 0 fully saturated rings. The number of phenols is 1. The summed E-state index contributed by atoms with van der Waals surface area (Å²) in [6.45, 7) is 6.85. The number of unbranched alkanes of at least 4 members (excludes halogenated alkanes) is 2. The van der Waals surface area contributed by atoms with Gasteiger partial charge in [-0.2, -0.15) is 0 Å². The Balaban J connectivity index is 2.54. The molecule has 0 saturated heterocycles. The average Bonchev–Trinajstić information content (AvgIpc) is 2.62. The Morgan fingerprint density at radius 2 is 1.38 bits per heavy atom. The molecule has 0 amide bonds. The second-order valence-corrected chi connectivity index (χ2v) is 7.07. The van der Waals surface area contributed by atoms with E-state index in [-0.39, 0.29) is 5.41 Å². The summed E-state index contributed by atoms with van der Waals surface area (Å²) in [5, 5.41) is 10.6. The number of hydrogen-bond donors (Lipinski definition) is 1. The summed E-state index contributed by atoms with van der Waals surface area (Å²) < 4.78 is 0. The third-order valence-electron chi connectivity index (χ3n) is 5.47. The van der Waals surface area contributed by atoms with Crippen LogP contribution in [0.2, 0.25) is 0 Å². The monoisotopic (exact) mass is 324 g/mol. The first-order valence-electron chi connectivity index (χ1n) is 9.48. The maximum absolute atomic E-state index is 10.6. The summed E-state index contributed by atoms with van der Waals surface area (Å²) in [6, 6.07) is 18.6. The molecule has 24 heavy (non-hydrogen) atoms. The van der Waals surface area contributed by atoms with Gasteiger partial charge in [0.25, 0.3) is 0 Å². The van der Waals surface area contributed by atoms with Crippen molar-refractivity contribution in [2.75, 3.05) is 0 Å². The summed E-state index contributed by atoms with van der Waals surface area (Å²) >= 11 is 0. The van der Waals surface area contributed by atoms with E-state index in [2.05, 4.69) is 57.2 Å². The zero-order chi connectivity index (χ0) is 17.4. The first kappa shape index (κ1) is 18.6. The van der Waals surface area contributed by atoms with Gasteiger partial charge in [0.05, 0.1) is 0 Å². The van der Waals surface area contributed by atoms with Crippen LogP contribution in [0.25, 0.3) is 0 Å². The molecule has 0 radical (unpaired) electrons. The van der Waals surface area contributed by atoms with E-state index in [1.807, 2.05) is 18.2 Å². The van der Waals surface area contributed by atoms with Gasteiger partial charge in [-0.3, -0.25) is 0 Å². The van der Waals surface area contributed by atoms with Crippen LogP contribution in [0.5, 0.6) is 5.75 Å². The molecule has 1 heteroatoms. The molecule has 1 atom stereocenters. The Bertz CT molecular complexity index is 596. The van der Waals surface area contributed by atoms with E-state index in [1.54, 1.807) is 0 Å². The molecule has 0 spiro atoms. The fourth-order valence-electron chi connectivity index (χ4n) is 3.93. The molecular formula is C23H32O. The van der Waals surface area contributed by atoms with E-state index in [9.17, 15) is 5.11 Å². The molecule has 0 aromatic heterocycles. The summed E-state index contributed by atoms with van der Waals surface area (Å²) in [6.07, 6.45) is 7.32. The molecule has 130 valence electrons. The molecule has 1 nitrogen and oxygen atoms in total. The van der Waals surface area contributed by atoms with E-state index in [1.165, 1.54) is 44.1 Å². The fraction of sp³-hybridized carbons (Fsp3) is 0.478. The van der Waals surface area contributed by atoms with Crippen LogP contribution in [-0.4, -0.2) is 5.11 Å². The van der Waals surface area contributed by atoms with Crippen LogP contribution in [0.1, 0.15) is 70.4 Å². The number of para-hydroxylation sites is 1. The van der Waals surface area contributed by atoms with Crippen molar-refractivity contribution in [3.8, 4) is 5.75 Å². The Hall–Kier alpha value is -1.76. The van der Waals surface area contributed by atoms with Gasteiger partial charge in [0.1, 0.15) is 5.75 Å². The quantitative estimate of drug-likeness (QED) is 0.544. The minimum atomic E-state index is -0.156. The molecule has 2 aromatic rings. The number of aromatic hydroxyl groups is 1. The standard InChI is InChI=1S/C23H32O/c1-4-6-13-19(14-7-5-2)23(3,20-15-9-8-10-16-20)21-17-11-12-18-22(21)24/h8-12,15-19,24H,4-7,13-14H2,1-3H3. The van der Waals surface area contributed by atoms with Crippen LogP contribution in [0.4, 0.5) is 0 Å². The van der Waals surface area contributed by atoms with Crippen LogP contribution in [0.3, 0.4) is 0 Å². The SMILES string of the molecule is CCCCC(CCCC)C(C)(c1ccccc1)c1ccccc1O. The molecule has 0 saturated carbocycles. The number of rotatable bonds is 9. The predicted molar refractivity (Wildman–Crippen MR) is 104 cm³/mol. The van der Waals surface area contributed by atoms with Crippen LogP contribution in [-0.2, 0) is 5.41 Å². The maximum Gasteiger partial charge on any atom is 0.119 e. The van der Waals surface area contributed by atoms with Gasteiger partial charge in [0.15, 0.2) is 0 Å². The molecule has 1 unspecified atom stereocenters. The summed E-state index contributed by atoms with van der Waals surface area (Å²) in [7, 11) is 0. The van der Waals surface area contributed by atoms with Crippen molar-refractivity contribution in [2.24, 2.45) is 5.92 Å². The van der Waals surface area contributed by atoms with Gasteiger partial charge in [-0.05, 0) is 30.4 Å². The van der Waals surface area contributed by atoms with Crippen LogP contribution in [0.15, 0.2) is 54.6 Å². The molecule has 0 aliphatic rings. The Morgan fingerprint density at radius 1 is 0.833 bits per heavy atom. The topological polar surface area (TPSA) is 20.2 Å². The molecule has 0 bridgehead atoms. The van der Waals surface area contributed by atoms with Gasteiger partial charge in [-0.1, -0.05) is 95.0 Å². The van der Waals surface area contributed by atoms with Gasteiger partial charge < -0.3 is 5.11 Å². The van der Waals surface area contributed by atoms with E-state index in [4.69, 9.17) is 0 Å². The van der Waals surface area contributed by atoms with Gasteiger partial charge in [-0.25, -0.2) is 0 Å².